The largest absolute Gasteiger partial charge is 0.438 e. The minimum Gasteiger partial charge on any atom is -0.438 e. The summed E-state index contributed by atoms with van der Waals surface area (Å²) >= 11 is 3.37. The molecule has 0 fully saturated rings. The van der Waals surface area contributed by atoms with Crippen LogP contribution in [0.4, 0.5) is 5.69 Å². The van der Waals surface area contributed by atoms with E-state index in [-0.39, 0.29) is 11.8 Å². The molecule has 0 unspecified atom stereocenters. The van der Waals surface area contributed by atoms with Gasteiger partial charge in [0.2, 0.25) is 0 Å². The summed E-state index contributed by atoms with van der Waals surface area (Å²) in [5, 5.41) is 2.75. The maximum Gasteiger partial charge on any atom is 0.311 e. The molecule has 88 valence electrons. The molecule has 0 aliphatic carbocycles. The maximum atomic E-state index is 11.8. The summed E-state index contributed by atoms with van der Waals surface area (Å²) in [6.07, 6.45) is 1.52. The minimum absolute atomic E-state index is 0.0739. The van der Waals surface area contributed by atoms with Crippen molar-refractivity contribution in [2.45, 2.75) is 13.8 Å². The first-order valence-electron chi connectivity index (χ1n) is 5.06. The number of aryl methyl sites for hydroxylation is 2. The van der Waals surface area contributed by atoms with Crippen LogP contribution in [0, 0.1) is 13.8 Å². The lowest BCUT2D eigenvalue weighted by molar-refractivity contribution is 0.0989. The van der Waals surface area contributed by atoms with E-state index >= 15 is 0 Å². The topological polar surface area (TPSA) is 55.1 Å². The zero-order valence-electron chi connectivity index (χ0n) is 9.45. The Labute approximate surface area is 107 Å². The van der Waals surface area contributed by atoms with Crippen molar-refractivity contribution in [3.63, 3.8) is 0 Å². The van der Waals surface area contributed by atoms with Gasteiger partial charge in [0, 0.05) is 10.2 Å². The van der Waals surface area contributed by atoms with Gasteiger partial charge in [0.15, 0.2) is 0 Å². The number of amides is 1. The van der Waals surface area contributed by atoms with Gasteiger partial charge >= 0.3 is 5.91 Å². The molecule has 0 aliphatic rings. The Morgan fingerprint density at radius 1 is 1.41 bits per heavy atom. The maximum absolute atomic E-state index is 11.8. The monoisotopic (exact) mass is 294 g/mol. The highest BCUT2D eigenvalue weighted by atomic mass is 79.9. The van der Waals surface area contributed by atoms with Crippen molar-refractivity contribution in [2.75, 3.05) is 5.32 Å². The van der Waals surface area contributed by atoms with E-state index in [1.807, 2.05) is 25.1 Å². The summed E-state index contributed by atoms with van der Waals surface area (Å²) in [6.45, 7) is 3.66. The molecule has 2 aromatic rings. The fourth-order valence-electron chi connectivity index (χ4n) is 1.40. The summed E-state index contributed by atoms with van der Waals surface area (Å²) in [7, 11) is 0. The Hall–Kier alpha value is -1.62. The molecule has 0 atom stereocenters. The van der Waals surface area contributed by atoms with Gasteiger partial charge in [-0.25, -0.2) is 4.98 Å². The Morgan fingerprint density at radius 2 is 2.18 bits per heavy atom. The van der Waals surface area contributed by atoms with E-state index in [1.165, 1.54) is 6.20 Å². The third-order valence-corrected chi connectivity index (χ3v) is 2.75. The van der Waals surface area contributed by atoms with E-state index in [4.69, 9.17) is 4.42 Å². The van der Waals surface area contributed by atoms with Crippen molar-refractivity contribution < 1.29 is 9.21 Å². The zero-order valence-corrected chi connectivity index (χ0v) is 11.0. The first-order valence-corrected chi connectivity index (χ1v) is 5.85. The van der Waals surface area contributed by atoms with Gasteiger partial charge in [-0.3, -0.25) is 4.79 Å². The highest BCUT2D eigenvalue weighted by Gasteiger charge is 2.13. The van der Waals surface area contributed by atoms with E-state index in [1.54, 1.807) is 6.92 Å². The van der Waals surface area contributed by atoms with E-state index in [2.05, 4.69) is 26.2 Å². The van der Waals surface area contributed by atoms with Crippen LogP contribution in [0.5, 0.6) is 0 Å². The van der Waals surface area contributed by atoms with Crippen LogP contribution in [0.1, 0.15) is 22.0 Å². The molecular formula is C12H11BrN2O2. The standard InChI is InChI=1S/C12H11BrN2O2/c1-7-5-9(13)3-4-10(7)15-11(16)12-14-6-8(2)17-12/h3-6H,1-2H3,(H,15,16). The molecular weight excluding hydrogens is 284 g/mol. The van der Waals surface area contributed by atoms with Crippen molar-refractivity contribution in [2.24, 2.45) is 0 Å². The van der Waals surface area contributed by atoms with Crippen LogP contribution < -0.4 is 5.32 Å². The number of rotatable bonds is 2. The molecule has 2 rings (SSSR count). The number of carbonyl (C=O) groups excluding carboxylic acids is 1. The first-order chi connectivity index (χ1) is 8.06. The molecule has 1 amide bonds. The number of benzene rings is 1. The fourth-order valence-corrected chi connectivity index (χ4v) is 1.88. The van der Waals surface area contributed by atoms with E-state index in [0.717, 1.165) is 15.7 Å². The molecule has 1 heterocycles. The molecule has 4 nitrogen and oxygen atoms in total. The Kier molecular flexibility index (Phi) is 3.28. The highest BCUT2D eigenvalue weighted by Crippen LogP contribution is 2.20. The molecule has 17 heavy (non-hydrogen) atoms. The number of nitrogens with zero attached hydrogens (tertiary/aromatic N) is 1. The Bertz CT molecular complexity index is 563. The van der Waals surface area contributed by atoms with Gasteiger partial charge in [0.05, 0.1) is 6.20 Å². The predicted molar refractivity (Wildman–Crippen MR) is 68.1 cm³/mol. The van der Waals surface area contributed by atoms with Gasteiger partial charge in [-0.1, -0.05) is 15.9 Å². The predicted octanol–water partition coefficient (Wildman–Crippen LogP) is 3.31. The fraction of sp³-hybridized carbons (Fsp3) is 0.167. The van der Waals surface area contributed by atoms with Crippen molar-refractivity contribution >= 4 is 27.5 Å². The third kappa shape index (κ3) is 2.74. The number of oxazole rings is 1. The number of hydrogen-bond acceptors (Lipinski definition) is 3. The van der Waals surface area contributed by atoms with Gasteiger partial charge < -0.3 is 9.73 Å². The second kappa shape index (κ2) is 4.71. The second-order valence-electron chi connectivity index (χ2n) is 3.69. The number of carbonyl (C=O) groups is 1. The van der Waals surface area contributed by atoms with Crippen LogP contribution in [-0.2, 0) is 0 Å². The normalized spacial score (nSPS) is 10.3. The van der Waals surface area contributed by atoms with Gasteiger partial charge in [-0.05, 0) is 37.6 Å². The number of anilines is 1. The third-order valence-electron chi connectivity index (χ3n) is 2.25. The lowest BCUT2D eigenvalue weighted by atomic mass is 10.2. The average Bonchev–Trinajstić information content (AvgIpc) is 2.69. The summed E-state index contributed by atoms with van der Waals surface area (Å²) in [5.41, 5.74) is 1.71. The zero-order chi connectivity index (χ0) is 12.4. The van der Waals surface area contributed by atoms with E-state index in [9.17, 15) is 4.79 Å². The molecule has 0 bridgehead atoms. The summed E-state index contributed by atoms with van der Waals surface area (Å²) in [6, 6.07) is 5.62. The molecule has 0 saturated carbocycles. The smallest absolute Gasteiger partial charge is 0.311 e. The highest BCUT2D eigenvalue weighted by molar-refractivity contribution is 9.10. The lowest BCUT2D eigenvalue weighted by Crippen LogP contribution is -2.13. The van der Waals surface area contributed by atoms with Crippen molar-refractivity contribution in [1.82, 2.24) is 4.98 Å². The van der Waals surface area contributed by atoms with Gasteiger partial charge in [-0.2, -0.15) is 0 Å². The molecule has 1 aromatic carbocycles. The van der Waals surface area contributed by atoms with Gasteiger partial charge in [-0.15, -0.1) is 0 Å². The van der Waals surface area contributed by atoms with Crippen LogP contribution in [0.15, 0.2) is 33.3 Å². The van der Waals surface area contributed by atoms with Gasteiger partial charge in [0.1, 0.15) is 5.76 Å². The summed E-state index contributed by atoms with van der Waals surface area (Å²) < 4.78 is 6.12. The number of halogens is 1. The Morgan fingerprint density at radius 3 is 2.76 bits per heavy atom. The first kappa shape index (κ1) is 11.9. The van der Waals surface area contributed by atoms with Crippen molar-refractivity contribution in [3.8, 4) is 0 Å². The molecule has 5 heteroatoms. The van der Waals surface area contributed by atoms with Crippen LogP contribution >= 0.6 is 15.9 Å². The molecule has 0 radical (unpaired) electrons. The molecule has 0 saturated heterocycles. The summed E-state index contributed by atoms with van der Waals surface area (Å²) in [5.74, 6) is 0.344. The van der Waals surface area contributed by atoms with Crippen LogP contribution in [0.25, 0.3) is 0 Å². The number of hydrogen-bond donors (Lipinski definition) is 1. The quantitative estimate of drug-likeness (QED) is 0.924. The molecule has 0 spiro atoms. The van der Waals surface area contributed by atoms with Crippen molar-refractivity contribution in [1.29, 1.82) is 0 Å². The minimum atomic E-state index is -0.344. The van der Waals surface area contributed by atoms with Crippen LogP contribution in [0.3, 0.4) is 0 Å². The van der Waals surface area contributed by atoms with E-state index in [0.29, 0.717) is 5.76 Å². The van der Waals surface area contributed by atoms with Crippen molar-refractivity contribution in [3.05, 3.63) is 46.1 Å². The number of aromatic nitrogens is 1. The Balaban J connectivity index is 2.18. The van der Waals surface area contributed by atoms with Crippen LogP contribution in [-0.4, -0.2) is 10.9 Å². The lowest BCUT2D eigenvalue weighted by Gasteiger charge is -2.06. The molecule has 1 aromatic heterocycles. The van der Waals surface area contributed by atoms with E-state index < -0.39 is 0 Å². The SMILES string of the molecule is Cc1cnc(C(=O)Nc2ccc(Br)cc2C)o1. The van der Waals surface area contributed by atoms with Gasteiger partial charge in [0.25, 0.3) is 5.89 Å². The second-order valence-corrected chi connectivity index (χ2v) is 4.61. The number of nitrogens with one attached hydrogen (secondary N) is 1. The molecule has 0 aliphatic heterocycles. The molecule has 1 N–H and O–H groups in total. The average molecular weight is 295 g/mol. The summed E-state index contributed by atoms with van der Waals surface area (Å²) in [4.78, 5) is 15.7. The van der Waals surface area contributed by atoms with Crippen LogP contribution in [0.2, 0.25) is 0 Å².